The number of rotatable bonds is 4. The van der Waals surface area contributed by atoms with Crippen molar-refractivity contribution < 1.29 is 14.3 Å². The molecule has 0 saturated heterocycles. The van der Waals surface area contributed by atoms with Crippen molar-refractivity contribution in [1.82, 2.24) is 10.2 Å². The molecule has 27 heavy (non-hydrogen) atoms. The van der Waals surface area contributed by atoms with Crippen molar-refractivity contribution in [2.45, 2.75) is 12.3 Å². The van der Waals surface area contributed by atoms with Crippen LogP contribution in [0.3, 0.4) is 0 Å². The fourth-order valence-corrected chi connectivity index (χ4v) is 3.57. The van der Waals surface area contributed by atoms with Gasteiger partial charge in [0.05, 0.1) is 19.9 Å². The average Bonchev–Trinajstić information content (AvgIpc) is 3.11. The molecule has 3 aromatic rings. The number of hydrogen-bond acceptors (Lipinski definition) is 4. The van der Waals surface area contributed by atoms with Gasteiger partial charge in [-0.2, -0.15) is 5.10 Å². The molecule has 0 saturated carbocycles. The second-order valence-electron chi connectivity index (χ2n) is 6.29. The van der Waals surface area contributed by atoms with E-state index in [4.69, 9.17) is 21.1 Å². The van der Waals surface area contributed by atoms with Crippen LogP contribution in [0.15, 0.2) is 42.5 Å². The number of carbonyl (C=O) groups is 1. The summed E-state index contributed by atoms with van der Waals surface area (Å²) in [5.74, 6) is 1.59. The zero-order valence-corrected chi connectivity index (χ0v) is 15.6. The smallest absolute Gasteiger partial charge is 0.226 e. The summed E-state index contributed by atoms with van der Waals surface area (Å²) in [6, 6.07) is 13.2. The first-order valence-electron chi connectivity index (χ1n) is 8.46. The minimum Gasteiger partial charge on any atom is -0.493 e. The molecule has 1 aliphatic heterocycles. The summed E-state index contributed by atoms with van der Waals surface area (Å²) in [5.41, 5.74) is 3.72. The zero-order chi connectivity index (χ0) is 19.0. The number of benzene rings is 2. The molecule has 6 nitrogen and oxygen atoms in total. The Balaban J connectivity index is 1.84. The molecule has 4 rings (SSSR count). The molecule has 2 aromatic carbocycles. The Hall–Kier alpha value is -2.99. The first-order valence-corrected chi connectivity index (χ1v) is 8.84. The Morgan fingerprint density at radius 1 is 1.07 bits per heavy atom. The Morgan fingerprint density at radius 2 is 1.81 bits per heavy atom. The second kappa shape index (κ2) is 6.96. The van der Waals surface area contributed by atoms with E-state index in [1.807, 2.05) is 42.5 Å². The summed E-state index contributed by atoms with van der Waals surface area (Å²) in [4.78, 5) is 12.2. The molecule has 1 amide bonds. The van der Waals surface area contributed by atoms with Crippen molar-refractivity contribution in [3.8, 4) is 22.8 Å². The summed E-state index contributed by atoms with van der Waals surface area (Å²) in [6.45, 7) is 0. The zero-order valence-electron chi connectivity index (χ0n) is 14.9. The van der Waals surface area contributed by atoms with Crippen LogP contribution in [0.1, 0.15) is 23.5 Å². The van der Waals surface area contributed by atoms with Crippen LogP contribution in [-0.2, 0) is 4.79 Å². The topological polar surface area (TPSA) is 76.2 Å². The van der Waals surface area contributed by atoms with Gasteiger partial charge >= 0.3 is 0 Å². The number of H-pyrrole nitrogens is 1. The number of carbonyl (C=O) groups excluding carboxylic acids is 1. The van der Waals surface area contributed by atoms with Crippen molar-refractivity contribution in [2.24, 2.45) is 0 Å². The summed E-state index contributed by atoms with van der Waals surface area (Å²) >= 11 is 6.01. The molecule has 0 radical (unpaired) electrons. The van der Waals surface area contributed by atoms with E-state index in [-0.39, 0.29) is 11.8 Å². The lowest BCUT2D eigenvalue weighted by molar-refractivity contribution is -0.116. The van der Waals surface area contributed by atoms with Crippen LogP contribution < -0.4 is 14.8 Å². The van der Waals surface area contributed by atoms with Gasteiger partial charge in [-0.05, 0) is 29.8 Å². The number of nitrogens with one attached hydrogen (secondary N) is 2. The third-order valence-corrected chi connectivity index (χ3v) is 4.99. The molecule has 7 heteroatoms. The summed E-state index contributed by atoms with van der Waals surface area (Å²) in [7, 11) is 3.19. The van der Waals surface area contributed by atoms with Crippen molar-refractivity contribution in [3.05, 3.63) is 58.6 Å². The van der Waals surface area contributed by atoms with E-state index in [1.54, 1.807) is 14.2 Å². The summed E-state index contributed by atoms with van der Waals surface area (Å²) in [6.07, 6.45) is 0.322. The third-order valence-electron chi connectivity index (χ3n) is 4.74. The molecular formula is C20H18ClN3O3. The number of anilines is 1. The minimum atomic E-state index is -0.155. The highest BCUT2D eigenvalue weighted by Gasteiger charge is 2.32. The van der Waals surface area contributed by atoms with Gasteiger partial charge in [-0.1, -0.05) is 29.8 Å². The van der Waals surface area contributed by atoms with E-state index in [2.05, 4.69) is 15.5 Å². The van der Waals surface area contributed by atoms with Gasteiger partial charge in [-0.3, -0.25) is 9.89 Å². The van der Waals surface area contributed by atoms with Crippen LogP contribution in [0.2, 0.25) is 5.02 Å². The lowest BCUT2D eigenvalue weighted by Crippen LogP contribution is -2.23. The van der Waals surface area contributed by atoms with E-state index in [0.717, 1.165) is 22.4 Å². The summed E-state index contributed by atoms with van der Waals surface area (Å²) in [5, 5.41) is 10.9. The number of fused-ring (bicyclic) bond motifs is 1. The maximum atomic E-state index is 12.2. The number of aromatic amines is 1. The molecule has 2 heterocycles. The van der Waals surface area contributed by atoms with Gasteiger partial charge in [0.15, 0.2) is 17.3 Å². The predicted octanol–water partition coefficient (Wildman–Crippen LogP) is 4.22. The van der Waals surface area contributed by atoms with Crippen LogP contribution >= 0.6 is 11.6 Å². The molecule has 1 aromatic heterocycles. The van der Waals surface area contributed by atoms with E-state index < -0.39 is 0 Å². The predicted molar refractivity (Wildman–Crippen MR) is 104 cm³/mol. The fourth-order valence-electron chi connectivity index (χ4n) is 3.45. The van der Waals surface area contributed by atoms with Gasteiger partial charge in [0.2, 0.25) is 5.91 Å². The molecule has 1 atom stereocenters. The highest BCUT2D eigenvalue weighted by Crippen LogP contribution is 2.43. The molecule has 138 valence electrons. The molecule has 0 unspecified atom stereocenters. The standard InChI is InChI=1S/C20H18ClN3O3/c1-26-15-8-5-12(9-16(15)27-2)14-10-17(25)22-20-18(14)19(23-24-20)11-3-6-13(21)7-4-11/h3-9,14H,10H2,1-2H3,(H2,22,23,24,25)/t14-/m0/s1. The van der Waals surface area contributed by atoms with E-state index in [0.29, 0.717) is 28.8 Å². The van der Waals surface area contributed by atoms with Gasteiger partial charge in [0, 0.05) is 28.5 Å². The van der Waals surface area contributed by atoms with Crippen molar-refractivity contribution in [1.29, 1.82) is 0 Å². The van der Waals surface area contributed by atoms with E-state index in [9.17, 15) is 4.79 Å². The molecule has 0 aliphatic carbocycles. The monoisotopic (exact) mass is 383 g/mol. The number of ether oxygens (including phenoxy) is 2. The Bertz CT molecular complexity index is 998. The number of methoxy groups -OCH3 is 2. The van der Waals surface area contributed by atoms with Crippen LogP contribution in [0.5, 0.6) is 11.5 Å². The molecular weight excluding hydrogens is 366 g/mol. The molecule has 1 aliphatic rings. The second-order valence-corrected chi connectivity index (χ2v) is 6.72. The van der Waals surface area contributed by atoms with Crippen LogP contribution in [-0.4, -0.2) is 30.3 Å². The van der Waals surface area contributed by atoms with Gasteiger partial charge < -0.3 is 14.8 Å². The van der Waals surface area contributed by atoms with Gasteiger partial charge in [-0.25, -0.2) is 0 Å². The minimum absolute atomic E-state index is 0.0727. The molecule has 2 N–H and O–H groups in total. The number of halogens is 1. The SMILES string of the molecule is COc1ccc([C@@H]2CC(=O)Nc3n[nH]c(-c4ccc(Cl)cc4)c32)cc1OC. The molecule has 0 spiro atoms. The molecule has 0 bridgehead atoms. The normalized spacial score (nSPS) is 15.8. The Labute approximate surface area is 161 Å². The van der Waals surface area contributed by atoms with Crippen molar-refractivity contribution >= 4 is 23.3 Å². The van der Waals surface area contributed by atoms with Crippen LogP contribution in [0, 0.1) is 0 Å². The third kappa shape index (κ3) is 3.13. The highest BCUT2D eigenvalue weighted by molar-refractivity contribution is 6.30. The number of amides is 1. The highest BCUT2D eigenvalue weighted by atomic mass is 35.5. The lowest BCUT2D eigenvalue weighted by Gasteiger charge is -2.24. The van der Waals surface area contributed by atoms with E-state index >= 15 is 0 Å². The maximum absolute atomic E-state index is 12.2. The summed E-state index contributed by atoms with van der Waals surface area (Å²) < 4.78 is 10.8. The fraction of sp³-hybridized carbons (Fsp3) is 0.200. The Morgan fingerprint density at radius 3 is 2.52 bits per heavy atom. The van der Waals surface area contributed by atoms with Gasteiger partial charge in [0.1, 0.15) is 0 Å². The quantitative estimate of drug-likeness (QED) is 0.707. The van der Waals surface area contributed by atoms with Gasteiger partial charge in [-0.15, -0.1) is 0 Å². The molecule has 0 fully saturated rings. The van der Waals surface area contributed by atoms with Crippen molar-refractivity contribution in [3.63, 3.8) is 0 Å². The lowest BCUT2D eigenvalue weighted by atomic mass is 9.84. The first kappa shape index (κ1) is 17.4. The first-order chi connectivity index (χ1) is 13.1. The number of hydrogen-bond donors (Lipinski definition) is 2. The van der Waals surface area contributed by atoms with Crippen molar-refractivity contribution in [2.75, 3.05) is 19.5 Å². The maximum Gasteiger partial charge on any atom is 0.226 e. The number of nitrogens with zero attached hydrogens (tertiary/aromatic N) is 1. The number of aromatic nitrogens is 2. The van der Waals surface area contributed by atoms with Crippen LogP contribution in [0.25, 0.3) is 11.3 Å². The average molecular weight is 384 g/mol. The van der Waals surface area contributed by atoms with Gasteiger partial charge in [0.25, 0.3) is 0 Å². The largest absolute Gasteiger partial charge is 0.493 e. The Kier molecular flexibility index (Phi) is 4.49. The van der Waals surface area contributed by atoms with Crippen LogP contribution in [0.4, 0.5) is 5.82 Å². The van der Waals surface area contributed by atoms with E-state index in [1.165, 1.54) is 0 Å².